The van der Waals surface area contributed by atoms with E-state index in [-0.39, 0.29) is 24.3 Å². The van der Waals surface area contributed by atoms with Crippen molar-refractivity contribution >= 4 is 33.2 Å². The summed E-state index contributed by atoms with van der Waals surface area (Å²) in [5.41, 5.74) is 2.47. The Labute approximate surface area is 147 Å². The lowest BCUT2D eigenvalue weighted by atomic mass is 9.98. The second-order valence-corrected chi connectivity index (χ2v) is 8.71. The molecule has 0 unspecified atom stereocenters. The van der Waals surface area contributed by atoms with E-state index in [1.54, 1.807) is 12.1 Å². The van der Waals surface area contributed by atoms with Crippen LogP contribution in [0, 0.1) is 5.92 Å². The van der Waals surface area contributed by atoms with Gasteiger partial charge in [-0.2, -0.15) is 0 Å². The van der Waals surface area contributed by atoms with Crippen molar-refractivity contribution in [3.05, 3.63) is 23.8 Å². The van der Waals surface area contributed by atoms with E-state index in [1.165, 1.54) is 10.6 Å². The summed E-state index contributed by atoms with van der Waals surface area (Å²) in [6, 6.07) is 5.45. The van der Waals surface area contributed by atoms with Crippen LogP contribution >= 0.6 is 0 Å². The SMILES string of the molecule is CS(=O)(=O)N1CCC[C@H](C(=O)Nc2ccc3c(c2)CCCC(=O)N3)C1. The molecule has 1 atom stereocenters. The van der Waals surface area contributed by atoms with Crippen molar-refractivity contribution in [2.24, 2.45) is 5.92 Å². The first-order valence-corrected chi connectivity index (χ1v) is 10.4. The van der Waals surface area contributed by atoms with Crippen molar-refractivity contribution < 1.29 is 18.0 Å². The van der Waals surface area contributed by atoms with Gasteiger partial charge in [0.25, 0.3) is 0 Å². The Morgan fingerprint density at radius 1 is 1.28 bits per heavy atom. The minimum absolute atomic E-state index is 0.0126. The molecule has 1 fully saturated rings. The van der Waals surface area contributed by atoms with E-state index in [0.717, 1.165) is 24.1 Å². The van der Waals surface area contributed by atoms with Crippen LogP contribution in [-0.2, 0) is 26.0 Å². The molecule has 7 nitrogen and oxygen atoms in total. The summed E-state index contributed by atoms with van der Waals surface area (Å²) in [5, 5.41) is 5.76. The van der Waals surface area contributed by atoms with Gasteiger partial charge >= 0.3 is 0 Å². The molecule has 2 N–H and O–H groups in total. The molecule has 0 aromatic heterocycles. The minimum Gasteiger partial charge on any atom is -0.326 e. The lowest BCUT2D eigenvalue weighted by Crippen LogP contribution is -2.43. The Morgan fingerprint density at radius 2 is 2.08 bits per heavy atom. The Bertz CT molecular complexity index is 791. The van der Waals surface area contributed by atoms with Crippen LogP contribution in [0.4, 0.5) is 11.4 Å². The topological polar surface area (TPSA) is 95.6 Å². The minimum atomic E-state index is -3.27. The van der Waals surface area contributed by atoms with Gasteiger partial charge in [0.05, 0.1) is 12.2 Å². The summed E-state index contributed by atoms with van der Waals surface area (Å²) >= 11 is 0. The Balaban J connectivity index is 1.69. The fourth-order valence-electron chi connectivity index (χ4n) is 3.35. The van der Waals surface area contributed by atoms with Crippen molar-refractivity contribution in [3.8, 4) is 0 Å². The number of anilines is 2. The fraction of sp³-hybridized carbons (Fsp3) is 0.529. The van der Waals surface area contributed by atoms with E-state index in [2.05, 4.69) is 10.6 Å². The number of rotatable bonds is 3. The Hall–Kier alpha value is -1.93. The van der Waals surface area contributed by atoms with Crippen molar-refractivity contribution in [1.82, 2.24) is 4.31 Å². The number of hydrogen-bond donors (Lipinski definition) is 2. The molecule has 2 amide bonds. The number of nitrogens with one attached hydrogen (secondary N) is 2. The molecule has 0 spiro atoms. The zero-order chi connectivity index (χ0) is 18.0. The van der Waals surface area contributed by atoms with E-state index >= 15 is 0 Å². The van der Waals surface area contributed by atoms with Gasteiger partial charge in [0.2, 0.25) is 21.8 Å². The molecule has 2 heterocycles. The van der Waals surface area contributed by atoms with Gasteiger partial charge in [-0.1, -0.05) is 0 Å². The highest BCUT2D eigenvalue weighted by Crippen LogP contribution is 2.26. The van der Waals surface area contributed by atoms with Crippen LogP contribution in [0.15, 0.2) is 18.2 Å². The molecule has 0 aliphatic carbocycles. The van der Waals surface area contributed by atoms with Crippen LogP contribution in [0.25, 0.3) is 0 Å². The predicted molar refractivity (Wildman–Crippen MR) is 95.8 cm³/mol. The van der Waals surface area contributed by atoms with Gasteiger partial charge in [-0.25, -0.2) is 12.7 Å². The number of sulfonamides is 1. The maximum atomic E-state index is 12.5. The lowest BCUT2D eigenvalue weighted by Gasteiger charge is -2.30. The molecule has 136 valence electrons. The summed E-state index contributed by atoms with van der Waals surface area (Å²) in [4.78, 5) is 24.1. The number of carbonyl (C=O) groups excluding carboxylic acids is 2. The number of nitrogens with zero attached hydrogens (tertiary/aromatic N) is 1. The van der Waals surface area contributed by atoms with Gasteiger partial charge in [0.1, 0.15) is 0 Å². The quantitative estimate of drug-likeness (QED) is 0.850. The van der Waals surface area contributed by atoms with Crippen LogP contribution in [0.5, 0.6) is 0 Å². The summed E-state index contributed by atoms with van der Waals surface area (Å²) in [5.74, 6) is -0.494. The highest BCUT2D eigenvalue weighted by atomic mass is 32.2. The molecule has 3 rings (SSSR count). The predicted octanol–water partition coefficient (Wildman–Crippen LogP) is 1.57. The lowest BCUT2D eigenvalue weighted by molar-refractivity contribution is -0.121. The number of carbonyl (C=O) groups is 2. The first-order valence-electron chi connectivity index (χ1n) is 8.52. The second kappa shape index (κ2) is 7.13. The first kappa shape index (κ1) is 17.9. The van der Waals surface area contributed by atoms with E-state index in [9.17, 15) is 18.0 Å². The summed E-state index contributed by atoms with van der Waals surface area (Å²) in [7, 11) is -3.27. The van der Waals surface area contributed by atoms with Crippen LogP contribution in [0.1, 0.15) is 31.2 Å². The average Bonchev–Trinajstić information content (AvgIpc) is 2.74. The third-order valence-corrected chi connectivity index (χ3v) is 5.99. The molecule has 25 heavy (non-hydrogen) atoms. The Morgan fingerprint density at radius 3 is 2.84 bits per heavy atom. The summed E-state index contributed by atoms with van der Waals surface area (Å²) in [6.45, 7) is 0.701. The number of amides is 2. The Kier molecular flexibility index (Phi) is 5.10. The van der Waals surface area contributed by atoms with Gasteiger partial charge in [-0.15, -0.1) is 0 Å². The monoisotopic (exact) mass is 365 g/mol. The van der Waals surface area contributed by atoms with Gasteiger partial charge in [-0.05, 0) is 49.4 Å². The van der Waals surface area contributed by atoms with Gasteiger partial charge in [0, 0.05) is 30.9 Å². The molecule has 1 saturated heterocycles. The maximum Gasteiger partial charge on any atom is 0.228 e. The molecular weight excluding hydrogens is 342 g/mol. The number of fused-ring (bicyclic) bond motifs is 1. The molecule has 1 aromatic rings. The van der Waals surface area contributed by atoms with Gasteiger partial charge in [0.15, 0.2) is 0 Å². The third-order valence-electron chi connectivity index (χ3n) is 4.72. The second-order valence-electron chi connectivity index (χ2n) is 6.72. The molecule has 2 aliphatic heterocycles. The molecule has 0 bridgehead atoms. The smallest absolute Gasteiger partial charge is 0.228 e. The molecule has 1 aromatic carbocycles. The largest absolute Gasteiger partial charge is 0.326 e. The molecule has 8 heteroatoms. The maximum absolute atomic E-state index is 12.5. The van der Waals surface area contributed by atoms with Crippen LogP contribution < -0.4 is 10.6 Å². The van der Waals surface area contributed by atoms with E-state index in [1.807, 2.05) is 6.07 Å². The third kappa shape index (κ3) is 4.38. The van der Waals surface area contributed by atoms with Crippen molar-refractivity contribution in [1.29, 1.82) is 0 Å². The van der Waals surface area contributed by atoms with Crippen LogP contribution in [0.3, 0.4) is 0 Å². The molecule has 2 aliphatic rings. The highest BCUT2D eigenvalue weighted by molar-refractivity contribution is 7.88. The van der Waals surface area contributed by atoms with Crippen molar-refractivity contribution in [2.75, 3.05) is 30.0 Å². The van der Waals surface area contributed by atoms with Crippen molar-refractivity contribution in [2.45, 2.75) is 32.1 Å². The van der Waals surface area contributed by atoms with E-state index < -0.39 is 10.0 Å². The van der Waals surface area contributed by atoms with Crippen LogP contribution in [0.2, 0.25) is 0 Å². The number of aryl methyl sites for hydroxylation is 1. The zero-order valence-electron chi connectivity index (χ0n) is 14.2. The summed E-state index contributed by atoms with van der Waals surface area (Å²) in [6.07, 6.45) is 4.60. The van der Waals surface area contributed by atoms with Gasteiger partial charge < -0.3 is 10.6 Å². The average molecular weight is 365 g/mol. The van der Waals surface area contributed by atoms with E-state index in [0.29, 0.717) is 31.5 Å². The number of hydrogen-bond acceptors (Lipinski definition) is 4. The van der Waals surface area contributed by atoms with Gasteiger partial charge in [-0.3, -0.25) is 9.59 Å². The molecular formula is C17H23N3O4S. The number of piperidine rings is 1. The normalized spacial score (nSPS) is 21.8. The first-order chi connectivity index (χ1) is 11.8. The van der Waals surface area contributed by atoms with Crippen molar-refractivity contribution in [3.63, 3.8) is 0 Å². The van der Waals surface area contributed by atoms with Crippen LogP contribution in [-0.4, -0.2) is 43.9 Å². The highest BCUT2D eigenvalue weighted by Gasteiger charge is 2.30. The van der Waals surface area contributed by atoms with E-state index in [4.69, 9.17) is 0 Å². The molecule has 0 saturated carbocycles. The molecule has 0 radical (unpaired) electrons. The summed E-state index contributed by atoms with van der Waals surface area (Å²) < 4.78 is 24.8. The zero-order valence-corrected chi connectivity index (χ0v) is 15.1. The number of benzene rings is 1. The fourth-order valence-corrected chi connectivity index (χ4v) is 4.27. The standard InChI is InChI=1S/C17H23N3O4S/c1-25(23,24)20-9-3-5-13(11-20)17(22)18-14-7-8-15-12(10-14)4-2-6-16(21)19-15/h7-8,10,13H,2-6,9,11H2,1H3,(H,18,22)(H,19,21)/t13-/m0/s1.